The highest BCUT2D eigenvalue weighted by Crippen LogP contribution is 2.30. The second-order valence-corrected chi connectivity index (χ2v) is 5.64. The highest BCUT2D eigenvalue weighted by molar-refractivity contribution is 8.00. The predicted octanol–water partition coefficient (Wildman–Crippen LogP) is 3.67. The molecule has 1 aromatic heterocycles. The molecule has 1 aromatic carbocycles. The van der Waals surface area contributed by atoms with Crippen molar-refractivity contribution in [3.05, 3.63) is 41.0 Å². The third kappa shape index (κ3) is 2.87. The number of benzene rings is 1. The summed E-state index contributed by atoms with van der Waals surface area (Å²) in [6, 6.07) is 7.85. The topological polar surface area (TPSA) is 38.9 Å². The predicted molar refractivity (Wildman–Crippen MR) is 67.5 cm³/mol. The molecule has 0 fully saturated rings. The molecule has 0 aliphatic carbocycles. The lowest BCUT2D eigenvalue weighted by Crippen LogP contribution is -1.80. The van der Waals surface area contributed by atoms with Gasteiger partial charge in [0.2, 0.25) is 0 Å². The van der Waals surface area contributed by atoms with Crippen LogP contribution in [0.5, 0.6) is 0 Å². The van der Waals surface area contributed by atoms with Crippen LogP contribution in [0.4, 0.5) is 5.13 Å². The molecule has 0 radical (unpaired) electrons. The minimum Gasteiger partial charge on any atom is -0.375 e. The van der Waals surface area contributed by atoms with E-state index >= 15 is 0 Å². The smallest absolute Gasteiger partial charge is 0.181 e. The average Bonchev–Trinajstić information content (AvgIpc) is 2.63. The lowest BCUT2D eigenvalue weighted by atomic mass is 10.2. The molecule has 0 bridgehead atoms. The Labute approximate surface area is 101 Å². The largest absolute Gasteiger partial charge is 0.375 e. The van der Waals surface area contributed by atoms with Gasteiger partial charge in [0.25, 0.3) is 0 Å². The Kier molecular flexibility index (Phi) is 3.51. The molecule has 0 amide bonds. The molecule has 0 aliphatic heterocycles. The summed E-state index contributed by atoms with van der Waals surface area (Å²) in [5.41, 5.74) is 6.68. The summed E-state index contributed by atoms with van der Waals surface area (Å²) in [6.45, 7) is 0. The Morgan fingerprint density at radius 3 is 2.87 bits per heavy atom. The van der Waals surface area contributed by atoms with Crippen molar-refractivity contribution in [2.24, 2.45) is 0 Å². The molecule has 0 spiro atoms. The third-order valence-electron chi connectivity index (χ3n) is 1.83. The molecule has 0 saturated carbocycles. The Hall–Kier alpha value is -0.710. The normalized spacial score (nSPS) is 10.5. The van der Waals surface area contributed by atoms with Crippen LogP contribution in [0.3, 0.4) is 0 Å². The number of rotatable bonds is 3. The fourth-order valence-corrected chi connectivity index (χ4v) is 3.15. The van der Waals surface area contributed by atoms with Gasteiger partial charge >= 0.3 is 0 Å². The van der Waals surface area contributed by atoms with Gasteiger partial charge < -0.3 is 5.73 Å². The Morgan fingerprint density at radius 2 is 2.20 bits per heavy atom. The van der Waals surface area contributed by atoms with Crippen LogP contribution in [-0.2, 0) is 5.75 Å². The molecule has 15 heavy (non-hydrogen) atoms. The summed E-state index contributed by atoms with van der Waals surface area (Å²) < 4.78 is 1.12. The number of nitrogens with two attached hydrogens (primary N) is 1. The van der Waals surface area contributed by atoms with Crippen LogP contribution < -0.4 is 5.73 Å². The Bertz CT molecular complexity index is 456. The number of anilines is 1. The van der Waals surface area contributed by atoms with Gasteiger partial charge in [-0.3, -0.25) is 0 Å². The highest BCUT2D eigenvalue weighted by Gasteiger charge is 2.02. The second kappa shape index (κ2) is 4.88. The van der Waals surface area contributed by atoms with Crippen LogP contribution in [0.2, 0.25) is 5.02 Å². The lowest BCUT2D eigenvalue weighted by molar-refractivity contribution is 1.36. The van der Waals surface area contributed by atoms with Gasteiger partial charge in [-0.25, -0.2) is 4.98 Å². The molecule has 0 aliphatic rings. The zero-order valence-electron chi connectivity index (χ0n) is 7.81. The average molecular weight is 257 g/mol. The number of hydrogen-bond acceptors (Lipinski definition) is 4. The van der Waals surface area contributed by atoms with Crippen LogP contribution in [0.1, 0.15) is 5.56 Å². The summed E-state index contributed by atoms with van der Waals surface area (Å²) in [6.07, 6.45) is 1.79. The van der Waals surface area contributed by atoms with Crippen LogP contribution in [0, 0.1) is 0 Å². The molecule has 2 rings (SSSR count). The molecular formula is C10H9ClN2S2. The van der Waals surface area contributed by atoms with E-state index in [4.69, 9.17) is 17.3 Å². The third-order valence-corrected chi connectivity index (χ3v) is 4.27. The number of thioether (sulfide) groups is 1. The van der Waals surface area contributed by atoms with Gasteiger partial charge in [-0.15, -0.1) is 11.8 Å². The Balaban J connectivity index is 2.02. The van der Waals surface area contributed by atoms with E-state index in [1.807, 2.05) is 24.3 Å². The van der Waals surface area contributed by atoms with E-state index in [9.17, 15) is 0 Å². The van der Waals surface area contributed by atoms with Crippen molar-refractivity contribution in [2.75, 3.05) is 5.73 Å². The molecule has 5 heteroatoms. The van der Waals surface area contributed by atoms with Crippen LogP contribution >= 0.6 is 34.7 Å². The van der Waals surface area contributed by atoms with Crippen molar-refractivity contribution < 1.29 is 0 Å². The number of nitrogens with zero attached hydrogens (tertiary/aromatic N) is 1. The SMILES string of the molecule is Nc1ncc(SCc2ccccc2Cl)s1. The van der Waals surface area contributed by atoms with Crippen molar-refractivity contribution in [2.45, 2.75) is 9.96 Å². The van der Waals surface area contributed by atoms with E-state index in [1.54, 1.807) is 18.0 Å². The summed E-state index contributed by atoms with van der Waals surface area (Å²) in [4.78, 5) is 3.99. The molecule has 2 N–H and O–H groups in total. The van der Waals surface area contributed by atoms with Gasteiger partial charge in [0.1, 0.15) is 0 Å². The van der Waals surface area contributed by atoms with E-state index in [-0.39, 0.29) is 0 Å². The van der Waals surface area contributed by atoms with Crippen molar-refractivity contribution >= 4 is 39.8 Å². The first-order valence-electron chi connectivity index (χ1n) is 4.33. The summed E-state index contributed by atoms with van der Waals surface area (Å²) >= 11 is 9.24. The van der Waals surface area contributed by atoms with E-state index in [0.717, 1.165) is 20.5 Å². The lowest BCUT2D eigenvalue weighted by Gasteiger charge is -2.01. The minimum absolute atomic E-state index is 0.608. The fourth-order valence-electron chi connectivity index (χ4n) is 1.10. The molecule has 0 unspecified atom stereocenters. The van der Waals surface area contributed by atoms with E-state index in [1.165, 1.54) is 11.3 Å². The van der Waals surface area contributed by atoms with Gasteiger partial charge in [0.15, 0.2) is 5.13 Å². The fraction of sp³-hybridized carbons (Fsp3) is 0.100. The molecule has 1 heterocycles. The monoisotopic (exact) mass is 256 g/mol. The first-order chi connectivity index (χ1) is 7.25. The van der Waals surface area contributed by atoms with Gasteiger partial charge in [0, 0.05) is 10.8 Å². The molecule has 0 atom stereocenters. The maximum Gasteiger partial charge on any atom is 0.181 e. The van der Waals surface area contributed by atoms with Crippen molar-refractivity contribution in [3.8, 4) is 0 Å². The van der Waals surface area contributed by atoms with E-state index in [0.29, 0.717) is 5.13 Å². The van der Waals surface area contributed by atoms with Crippen LogP contribution in [-0.4, -0.2) is 4.98 Å². The molecule has 2 aromatic rings. The maximum absolute atomic E-state index is 6.05. The molecule has 0 saturated heterocycles. The number of nitrogen functional groups attached to an aromatic ring is 1. The van der Waals surface area contributed by atoms with Crippen LogP contribution in [0.25, 0.3) is 0 Å². The van der Waals surface area contributed by atoms with Gasteiger partial charge in [-0.1, -0.05) is 41.1 Å². The molecule has 2 nitrogen and oxygen atoms in total. The van der Waals surface area contributed by atoms with Gasteiger partial charge in [-0.05, 0) is 11.6 Å². The van der Waals surface area contributed by atoms with Crippen molar-refractivity contribution in [3.63, 3.8) is 0 Å². The highest BCUT2D eigenvalue weighted by atomic mass is 35.5. The van der Waals surface area contributed by atoms with E-state index < -0.39 is 0 Å². The zero-order chi connectivity index (χ0) is 10.7. The van der Waals surface area contributed by atoms with Crippen molar-refractivity contribution in [1.29, 1.82) is 0 Å². The van der Waals surface area contributed by atoms with Crippen LogP contribution in [0.15, 0.2) is 34.7 Å². The first kappa shape index (κ1) is 10.8. The van der Waals surface area contributed by atoms with E-state index in [2.05, 4.69) is 4.98 Å². The zero-order valence-corrected chi connectivity index (χ0v) is 10.2. The number of thiazole rings is 1. The quantitative estimate of drug-likeness (QED) is 0.852. The van der Waals surface area contributed by atoms with Gasteiger partial charge in [-0.2, -0.15) is 0 Å². The second-order valence-electron chi connectivity index (χ2n) is 2.90. The van der Waals surface area contributed by atoms with Crippen molar-refractivity contribution in [1.82, 2.24) is 4.98 Å². The number of hydrogen-bond donors (Lipinski definition) is 1. The Morgan fingerprint density at radius 1 is 1.40 bits per heavy atom. The minimum atomic E-state index is 0.608. The van der Waals surface area contributed by atoms with Gasteiger partial charge in [0.05, 0.1) is 10.4 Å². The standard InChI is InChI=1S/C10H9ClN2S2/c11-8-4-2-1-3-7(8)6-14-9-5-13-10(12)15-9/h1-5H,6H2,(H2,12,13). The first-order valence-corrected chi connectivity index (χ1v) is 6.51. The summed E-state index contributed by atoms with van der Waals surface area (Å²) in [5.74, 6) is 0.849. The molecule has 78 valence electrons. The number of aromatic nitrogens is 1. The maximum atomic E-state index is 6.05. The summed E-state index contributed by atoms with van der Waals surface area (Å²) in [5, 5.41) is 1.42. The molecular weight excluding hydrogens is 248 g/mol. The summed E-state index contributed by atoms with van der Waals surface area (Å²) in [7, 11) is 0. The number of halogens is 1.